The summed E-state index contributed by atoms with van der Waals surface area (Å²) in [4.78, 5) is 14.6. The number of aromatic nitrogens is 3. The summed E-state index contributed by atoms with van der Waals surface area (Å²) in [5.74, 6) is 0.803. The lowest BCUT2D eigenvalue weighted by Crippen LogP contribution is -2.17. The molecular weight excluding hydrogens is 142 g/mol. The van der Waals surface area contributed by atoms with E-state index < -0.39 is 0 Å². The van der Waals surface area contributed by atoms with Crippen LogP contribution in [0.1, 0.15) is 24.6 Å². The van der Waals surface area contributed by atoms with Crippen LogP contribution < -0.4 is 0 Å². The maximum Gasteiger partial charge on any atom is 0.138 e. The van der Waals surface area contributed by atoms with Crippen molar-refractivity contribution in [1.29, 1.82) is 0 Å². The number of nitrogens with zero attached hydrogens (tertiary/aromatic N) is 3. The number of hydrogen-bond acceptors (Lipinski definition) is 3. The molecule has 0 fully saturated rings. The molecule has 0 saturated carbocycles. The summed E-state index contributed by atoms with van der Waals surface area (Å²) in [6.45, 7) is 0.902. The Morgan fingerprint density at radius 2 is 2.64 bits per heavy atom. The van der Waals surface area contributed by atoms with Crippen LogP contribution >= 0.6 is 0 Å². The quantitative estimate of drug-likeness (QED) is 0.544. The first-order valence-corrected chi connectivity index (χ1v) is 3.75. The highest BCUT2D eigenvalue weighted by Crippen LogP contribution is 2.21. The third-order valence-corrected chi connectivity index (χ3v) is 2.03. The molecule has 1 aromatic heterocycles. The summed E-state index contributed by atoms with van der Waals surface area (Å²) >= 11 is 0. The minimum Gasteiger partial charge on any atom is -0.303 e. The fourth-order valence-electron chi connectivity index (χ4n) is 1.45. The van der Waals surface area contributed by atoms with E-state index in [1.807, 2.05) is 4.68 Å². The molecular formula is C7H9N3O. The Kier molecular flexibility index (Phi) is 1.45. The Morgan fingerprint density at radius 3 is 3.45 bits per heavy atom. The van der Waals surface area contributed by atoms with Crippen LogP contribution in [0.5, 0.6) is 0 Å². The van der Waals surface area contributed by atoms with Gasteiger partial charge in [0.1, 0.15) is 18.4 Å². The second kappa shape index (κ2) is 2.45. The molecule has 2 rings (SSSR count). The maximum atomic E-state index is 10.5. The highest BCUT2D eigenvalue weighted by Gasteiger charge is 2.20. The van der Waals surface area contributed by atoms with Gasteiger partial charge in [0.25, 0.3) is 0 Å². The van der Waals surface area contributed by atoms with Gasteiger partial charge in [-0.15, -0.1) is 0 Å². The van der Waals surface area contributed by atoms with E-state index in [0.717, 1.165) is 31.5 Å². The fraction of sp³-hybridized carbons (Fsp3) is 0.571. The van der Waals surface area contributed by atoms with Gasteiger partial charge < -0.3 is 4.79 Å². The molecule has 0 amide bonds. The number of carbonyl (C=O) groups excluding carboxylic acids is 1. The van der Waals surface area contributed by atoms with Gasteiger partial charge in [-0.25, -0.2) is 9.67 Å². The number of hydrogen-bond donors (Lipinski definition) is 0. The Labute approximate surface area is 64.2 Å². The van der Waals surface area contributed by atoms with Gasteiger partial charge in [-0.05, 0) is 12.8 Å². The summed E-state index contributed by atoms with van der Waals surface area (Å²) in [5.41, 5.74) is 0. The molecule has 1 aromatic rings. The molecule has 11 heavy (non-hydrogen) atoms. The van der Waals surface area contributed by atoms with Crippen molar-refractivity contribution >= 4 is 6.29 Å². The summed E-state index contributed by atoms with van der Waals surface area (Å²) in [6, 6.07) is 0. The summed E-state index contributed by atoms with van der Waals surface area (Å²) in [5, 5.41) is 4.00. The molecule has 0 radical (unpaired) electrons. The summed E-state index contributed by atoms with van der Waals surface area (Å²) < 4.78 is 1.81. The second-order valence-electron chi connectivity index (χ2n) is 2.73. The van der Waals surface area contributed by atoms with Gasteiger partial charge in [0.2, 0.25) is 0 Å². The largest absolute Gasteiger partial charge is 0.303 e. The molecule has 0 bridgehead atoms. The van der Waals surface area contributed by atoms with Crippen molar-refractivity contribution in [1.82, 2.24) is 14.8 Å². The molecule has 1 aliphatic heterocycles. The van der Waals surface area contributed by atoms with Crippen LogP contribution in [0.2, 0.25) is 0 Å². The summed E-state index contributed by atoms with van der Waals surface area (Å²) in [7, 11) is 0. The molecule has 0 N–H and O–H groups in total. The van der Waals surface area contributed by atoms with Gasteiger partial charge >= 0.3 is 0 Å². The average Bonchev–Trinajstić information content (AvgIpc) is 2.50. The first kappa shape index (κ1) is 6.52. The molecule has 4 nitrogen and oxygen atoms in total. The smallest absolute Gasteiger partial charge is 0.138 e. The van der Waals surface area contributed by atoms with Gasteiger partial charge in [0, 0.05) is 6.54 Å². The molecule has 0 spiro atoms. The van der Waals surface area contributed by atoms with Crippen molar-refractivity contribution in [2.75, 3.05) is 0 Å². The van der Waals surface area contributed by atoms with Crippen molar-refractivity contribution in [3.63, 3.8) is 0 Å². The molecule has 1 unspecified atom stereocenters. The van der Waals surface area contributed by atoms with Crippen LogP contribution in [-0.2, 0) is 11.3 Å². The van der Waals surface area contributed by atoms with Crippen molar-refractivity contribution < 1.29 is 4.79 Å². The van der Waals surface area contributed by atoms with Crippen molar-refractivity contribution in [2.24, 2.45) is 0 Å². The zero-order chi connectivity index (χ0) is 7.68. The van der Waals surface area contributed by atoms with Gasteiger partial charge in [0.15, 0.2) is 0 Å². The minimum absolute atomic E-state index is 0.0220. The summed E-state index contributed by atoms with van der Waals surface area (Å²) in [6.07, 6.45) is 4.42. The number of rotatable bonds is 1. The fourth-order valence-corrected chi connectivity index (χ4v) is 1.45. The number of aldehydes is 1. The van der Waals surface area contributed by atoms with Gasteiger partial charge in [-0.1, -0.05) is 0 Å². The van der Waals surface area contributed by atoms with Crippen LogP contribution in [0.4, 0.5) is 0 Å². The van der Waals surface area contributed by atoms with E-state index in [4.69, 9.17) is 0 Å². The van der Waals surface area contributed by atoms with Crippen molar-refractivity contribution in [3.8, 4) is 0 Å². The van der Waals surface area contributed by atoms with Gasteiger partial charge in [-0.3, -0.25) is 0 Å². The third kappa shape index (κ3) is 0.943. The highest BCUT2D eigenvalue weighted by atomic mass is 16.1. The second-order valence-corrected chi connectivity index (χ2v) is 2.73. The normalized spacial score (nSPS) is 22.7. The maximum absolute atomic E-state index is 10.5. The molecule has 0 aliphatic carbocycles. The van der Waals surface area contributed by atoms with E-state index in [-0.39, 0.29) is 5.92 Å². The standard InChI is InChI=1S/C7H9N3O/c11-4-6-2-1-3-10-7(6)8-5-9-10/h4-6H,1-3H2. The van der Waals surface area contributed by atoms with Gasteiger partial charge in [-0.2, -0.15) is 5.10 Å². The SMILES string of the molecule is O=CC1CCCn2ncnc21. The van der Waals surface area contributed by atoms with E-state index in [9.17, 15) is 4.79 Å². The monoisotopic (exact) mass is 151 g/mol. The van der Waals surface area contributed by atoms with Crippen LogP contribution in [0.15, 0.2) is 6.33 Å². The average molecular weight is 151 g/mol. The lowest BCUT2D eigenvalue weighted by molar-refractivity contribution is -0.109. The lowest BCUT2D eigenvalue weighted by Gasteiger charge is -2.16. The molecule has 4 heteroatoms. The van der Waals surface area contributed by atoms with E-state index in [0.29, 0.717) is 0 Å². The third-order valence-electron chi connectivity index (χ3n) is 2.03. The molecule has 58 valence electrons. The van der Waals surface area contributed by atoms with E-state index in [1.54, 1.807) is 0 Å². The molecule has 0 aromatic carbocycles. The van der Waals surface area contributed by atoms with Crippen molar-refractivity contribution in [3.05, 3.63) is 12.2 Å². The van der Waals surface area contributed by atoms with E-state index >= 15 is 0 Å². The molecule has 2 heterocycles. The topological polar surface area (TPSA) is 47.8 Å². The molecule has 1 atom stereocenters. The predicted octanol–water partition coefficient (Wildman–Crippen LogP) is 0.354. The molecule has 0 saturated heterocycles. The lowest BCUT2D eigenvalue weighted by atomic mass is 10.0. The zero-order valence-electron chi connectivity index (χ0n) is 6.10. The Bertz CT molecular complexity index is 268. The Morgan fingerprint density at radius 1 is 1.73 bits per heavy atom. The van der Waals surface area contributed by atoms with Crippen LogP contribution in [-0.4, -0.2) is 21.1 Å². The number of carbonyl (C=O) groups is 1. The van der Waals surface area contributed by atoms with Crippen molar-refractivity contribution in [2.45, 2.75) is 25.3 Å². The first-order valence-electron chi connectivity index (χ1n) is 3.75. The Balaban J connectivity index is 2.39. The van der Waals surface area contributed by atoms with Gasteiger partial charge in [0.05, 0.1) is 5.92 Å². The first-order chi connectivity index (χ1) is 5.42. The zero-order valence-corrected chi connectivity index (χ0v) is 6.10. The molecule has 1 aliphatic rings. The predicted molar refractivity (Wildman–Crippen MR) is 38.1 cm³/mol. The van der Waals surface area contributed by atoms with E-state index in [1.165, 1.54) is 6.33 Å². The van der Waals surface area contributed by atoms with Crippen LogP contribution in [0.25, 0.3) is 0 Å². The van der Waals surface area contributed by atoms with E-state index in [2.05, 4.69) is 10.1 Å². The van der Waals surface area contributed by atoms with Crippen LogP contribution in [0, 0.1) is 0 Å². The highest BCUT2D eigenvalue weighted by molar-refractivity contribution is 5.60. The number of aryl methyl sites for hydroxylation is 1. The minimum atomic E-state index is -0.0220. The Hall–Kier alpha value is -1.19. The number of fused-ring (bicyclic) bond motifs is 1. The van der Waals surface area contributed by atoms with Crippen LogP contribution in [0.3, 0.4) is 0 Å².